The Morgan fingerprint density at radius 1 is 0.789 bits per heavy atom. The van der Waals surface area contributed by atoms with E-state index in [-0.39, 0.29) is 0 Å². The first-order valence-corrected chi connectivity index (χ1v) is 7.23. The molecule has 1 aromatic heterocycles. The Balaban J connectivity index is 0. The van der Waals surface area contributed by atoms with Gasteiger partial charge in [-0.05, 0) is 31.0 Å². The van der Waals surface area contributed by atoms with E-state index in [1.807, 2.05) is 70.4 Å². The summed E-state index contributed by atoms with van der Waals surface area (Å²) in [5, 5.41) is 0. The van der Waals surface area contributed by atoms with E-state index in [4.69, 9.17) is 0 Å². The Morgan fingerprint density at radius 2 is 1.26 bits per heavy atom. The van der Waals surface area contributed by atoms with E-state index in [2.05, 4.69) is 31.0 Å². The minimum absolute atomic E-state index is 1.10. The van der Waals surface area contributed by atoms with Gasteiger partial charge in [-0.2, -0.15) is 0 Å². The summed E-state index contributed by atoms with van der Waals surface area (Å²) in [5.74, 6) is 0. The summed E-state index contributed by atoms with van der Waals surface area (Å²) in [6.07, 6.45) is 4.74. The van der Waals surface area contributed by atoms with Crippen molar-refractivity contribution >= 4 is 0 Å². The van der Waals surface area contributed by atoms with Crippen molar-refractivity contribution in [2.24, 2.45) is 0 Å². The summed E-state index contributed by atoms with van der Waals surface area (Å²) >= 11 is 0. The highest BCUT2D eigenvalue weighted by atomic mass is 14.6. The summed E-state index contributed by atoms with van der Waals surface area (Å²) < 4.78 is 0. The molecule has 106 valence electrons. The average Bonchev–Trinajstić information content (AvgIpc) is 2.53. The maximum absolute atomic E-state index is 3.89. The fourth-order valence-corrected chi connectivity index (χ4v) is 1.15. The molecule has 1 heterocycles. The lowest BCUT2D eigenvalue weighted by Gasteiger charge is -1.89. The number of hydrogen-bond donors (Lipinski definition) is 0. The lowest BCUT2D eigenvalue weighted by molar-refractivity contribution is 1.12. The second-order valence-electron chi connectivity index (χ2n) is 3.36. The highest BCUT2D eigenvalue weighted by molar-refractivity contribution is 5.11. The largest absolute Gasteiger partial charge is 0.265 e. The van der Waals surface area contributed by atoms with Gasteiger partial charge in [-0.3, -0.25) is 4.98 Å². The third-order valence-electron chi connectivity index (χ3n) is 2.10. The molecule has 2 rings (SSSR count). The van der Waals surface area contributed by atoms with Gasteiger partial charge in [0.1, 0.15) is 0 Å². The molecule has 0 aliphatic heterocycles. The molecule has 0 saturated carbocycles. The fraction of sp³-hybridized carbons (Fsp3) is 0.389. The predicted molar refractivity (Wildman–Crippen MR) is 87.5 cm³/mol. The standard InChI is InChI=1S/C7H9N.C7H8.2C2H6/c1-2-7-3-5-8-6-4-7;1-7-5-3-2-4-6-7;2*1-2/h3-6H,2H2,1H3;2-6H,1H3;2*1-2H3. The lowest BCUT2D eigenvalue weighted by atomic mass is 10.2. The van der Waals surface area contributed by atoms with Crippen molar-refractivity contribution in [3.63, 3.8) is 0 Å². The molecule has 1 heteroatoms. The van der Waals surface area contributed by atoms with Crippen LogP contribution in [0.5, 0.6) is 0 Å². The van der Waals surface area contributed by atoms with Crippen molar-refractivity contribution in [1.82, 2.24) is 4.98 Å². The van der Waals surface area contributed by atoms with Gasteiger partial charge in [0, 0.05) is 12.4 Å². The van der Waals surface area contributed by atoms with Gasteiger partial charge in [-0.15, -0.1) is 0 Å². The topological polar surface area (TPSA) is 12.9 Å². The molecular weight excluding hydrogens is 230 g/mol. The maximum Gasteiger partial charge on any atom is 0.0270 e. The summed E-state index contributed by atoms with van der Waals surface area (Å²) in [6.45, 7) is 12.2. The van der Waals surface area contributed by atoms with Crippen LogP contribution in [0.1, 0.15) is 45.7 Å². The Hall–Kier alpha value is -1.63. The van der Waals surface area contributed by atoms with Crippen molar-refractivity contribution in [2.45, 2.75) is 48.0 Å². The van der Waals surface area contributed by atoms with Crippen LogP contribution in [0.3, 0.4) is 0 Å². The zero-order chi connectivity index (χ0) is 14.9. The molecule has 0 N–H and O–H groups in total. The van der Waals surface area contributed by atoms with E-state index in [9.17, 15) is 0 Å². The molecule has 0 spiro atoms. The molecule has 0 radical (unpaired) electrons. The number of nitrogens with zero attached hydrogens (tertiary/aromatic N) is 1. The smallest absolute Gasteiger partial charge is 0.0270 e. The molecule has 19 heavy (non-hydrogen) atoms. The fourth-order valence-electron chi connectivity index (χ4n) is 1.15. The lowest BCUT2D eigenvalue weighted by Crippen LogP contribution is -1.76. The van der Waals surface area contributed by atoms with Crippen molar-refractivity contribution in [3.8, 4) is 0 Å². The minimum Gasteiger partial charge on any atom is -0.265 e. The summed E-state index contributed by atoms with van der Waals surface area (Å²) in [7, 11) is 0. The highest BCUT2D eigenvalue weighted by Crippen LogP contribution is 1.94. The monoisotopic (exact) mass is 259 g/mol. The molecule has 0 aliphatic carbocycles. The second kappa shape index (κ2) is 16.4. The van der Waals surface area contributed by atoms with Crippen LogP contribution in [0, 0.1) is 6.92 Å². The van der Waals surface area contributed by atoms with Crippen molar-refractivity contribution in [1.29, 1.82) is 0 Å². The van der Waals surface area contributed by atoms with E-state index in [0.717, 1.165) is 6.42 Å². The SMILES string of the molecule is CC.CC.CCc1ccncc1.Cc1ccccc1. The van der Waals surface area contributed by atoms with E-state index in [1.165, 1.54) is 11.1 Å². The van der Waals surface area contributed by atoms with Gasteiger partial charge in [-0.25, -0.2) is 0 Å². The molecule has 1 nitrogen and oxygen atoms in total. The number of benzene rings is 1. The third-order valence-corrected chi connectivity index (χ3v) is 2.10. The molecule has 2 aromatic rings. The molecule has 0 aliphatic rings. The molecule has 1 aromatic carbocycles. The Labute approximate surface area is 119 Å². The van der Waals surface area contributed by atoms with Crippen LogP contribution in [0.2, 0.25) is 0 Å². The van der Waals surface area contributed by atoms with Crippen LogP contribution in [-0.2, 0) is 6.42 Å². The number of hydrogen-bond acceptors (Lipinski definition) is 1. The minimum atomic E-state index is 1.10. The van der Waals surface area contributed by atoms with E-state index < -0.39 is 0 Å². The van der Waals surface area contributed by atoms with Crippen molar-refractivity contribution in [3.05, 3.63) is 66.0 Å². The van der Waals surface area contributed by atoms with Gasteiger partial charge in [-0.1, -0.05) is 70.5 Å². The first kappa shape index (κ1) is 19.7. The first-order chi connectivity index (χ1) is 9.33. The highest BCUT2D eigenvalue weighted by Gasteiger charge is 1.80. The normalized spacial score (nSPS) is 7.68. The number of aryl methyl sites for hydroxylation is 2. The van der Waals surface area contributed by atoms with Crippen molar-refractivity contribution < 1.29 is 0 Å². The molecule has 0 amide bonds. The van der Waals surface area contributed by atoms with Crippen LogP contribution in [0.25, 0.3) is 0 Å². The van der Waals surface area contributed by atoms with Gasteiger partial charge in [0.25, 0.3) is 0 Å². The van der Waals surface area contributed by atoms with Crippen molar-refractivity contribution in [2.75, 3.05) is 0 Å². The van der Waals surface area contributed by atoms with Gasteiger partial charge in [0.2, 0.25) is 0 Å². The molecule has 0 unspecified atom stereocenters. The number of aromatic nitrogens is 1. The zero-order valence-electron chi connectivity index (χ0n) is 13.4. The Kier molecular flexibility index (Phi) is 17.0. The van der Waals surface area contributed by atoms with E-state index >= 15 is 0 Å². The first-order valence-electron chi connectivity index (χ1n) is 7.23. The van der Waals surface area contributed by atoms with Gasteiger partial charge >= 0.3 is 0 Å². The molecular formula is C18H29N. The predicted octanol–water partition coefficient (Wildman–Crippen LogP) is 5.69. The Bertz CT molecular complexity index is 354. The van der Waals surface area contributed by atoms with Gasteiger partial charge < -0.3 is 0 Å². The molecule has 0 bridgehead atoms. The van der Waals surface area contributed by atoms with Gasteiger partial charge in [0.05, 0.1) is 0 Å². The van der Waals surface area contributed by atoms with E-state index in [0.29, 0.717) is 0 Å². The average molecular weight is 259 g/mol. The third kappa shape index (κ3) is 12.6. The second-order valence-corrected chi connectivity index (χ2v) is 3.36. The molecule has 0 saturated heterocycles. The number of pyridine rings is 1. The van der Waals surface area contributed by atoms with Crippen LogP contribution < -0.4 is 0 Å². The zero-order valence-corrected chi connectivity index (χ0v) is 13.4. The summed E-state index contributed by atoms with van der Waals surface area (Å²) in [6, 6.07) is 14.3. The van der Waals surface area contributed by atoms with Gasteiger partial charge in [0.15, 0.2) is 0 Å². The van der Waals surface area contributed by atoms with Crippen LogP contribution in [-0.4, -0.2) is 4.98 Å². The van der Waals surface area contributed by atoms with Crippen LogP contribution in [0.15, 0.2) is 54.9 Å². The summed E-state index contributed by atoms with van der Waals surface area (Å²) in [5.41, 5.74) is 2.67. The van der Waals surface area contributed by atoms with E-state index in [1.54, 1.807) is 0 Å². The quantitative estimate of drug-likeness (QED) is 0.641. The molecule has 0 atom stereocenters. The molecule has 0 fully saturated rings. The summed E-state index contributed by atoms with van der Waals surface area (Å²) in [4.78, 5) is 3.89. The van der Waals surface area contributed by atoms with Crippen LogP contribution >= 0.6 is 0 Å². The maximum atomic E-state index is 3.89. The number of rotatable bonds is 1. The Morgan fingerprint density at radius 3 is 1.53 bits per heavy atom. The van der Waals surface area contributed by atoms with Crippen LogP contribution in [0.4, 0.5) is 0 Å².